The third-order valence-electron chi connectivity index (χ3n) is 4.98. The topological polar surface area (TPSA) is 64.2 Å². The zero-order chi connectivity index (χ0) is 18.6. The van der Waals surface area contributed by atoms with Crippen LogP contribution >= 0.6 is 0 Å². The summed E-state index contributed by atoms with van der Waals surface area (Å²) in [6.07, 6.45) is 8.18. The average molecular weight is 364 g/mol. The van der Waals surface area contributed by atoms with Crippen LogP contribution in [0.15, 0.2) is 53.3 Å². The minimum atomic E-state index is 0.0962. The first-order valence-electron chi connectivity index (χ1n) is 9.43. The van der Waals surface area contributed by atoms with Crippen molar-refractivity contribution in [1.82, 2.24) is 19.7 Å². The summed E-state index contributed by atoms with van der Waals surface area (Å²) in [4.78, 5) is 19.0. The second-order valence-corrected chi connectivity index (χ2v) is 7.22. The standard InChI is InChI=1S/C21H24N4O2/c1-16-11-23-25(13-16)15-20(26)24-9-5-8-18(14-24)21-22-12-19(27-21)10-17-6-3-2-4-7-17/h2-4,6-7,11-13,18H,5,8-10,14-15H2,1H3/t18-/m0/s1. The van der Waals surface area contributed by atoms with Gasteiger partial charge in [-0.25, -0.2) is 4.98 Å². The smallest absolute Gasteiger partial charge is 0.244 e. The van der Waals surface area contributed by atoms with Gasteiger partial charge >= 0.3 is 0 Å². The molecule has 0 unspecified atom stereocenters. The molecule has 1 atom stereocenters. The molecule has 4 rings (SSSR count). The Labute approximate surface area is 158 Å². The molecule has 1 aliphatic rings. The van der Waals surface area contributed by atoms with Crippen molar-refractivity contribution in [2.45, 2.75) is 38.6 Å². The highest BCUT2D eigenvalue weighted by molar-refractivity contribution is 5.76. The van der Waals surface area contributed by atoms with Crippen molar-refractivity contribution in [1.29, 1.82) is 0 Å². The van der Waals surface area contributed by atoms with Crippen molar-refractivity contribution < 1.29 is 9.21 Å². The summed E-state index contributed by atoms with van der Waals surface area (Å²) in [5.74, 6) is 1.87. The number of carbonyl (C=O) groups is 1. The molecule has 0 saturated carbocycles. The van der Waals surface area contributed by atoms with Crippen LogP contribution in [0.3, 0.4) is 0 Å². The van der Waals surface area contributed by atoms with Crippen LogP contribution in [0, 0.1) is 6.92 Å². The van der Waals surface area contributed by atoms with E-state index in [9.17, 15) is 4.79 Å². The molecule has 27 heavy (non-hydrogen) atoms. The van der Waals surface area contributed by atoms with E-state index in [1.165, 1.54) is 5.56 Å². The summed E-state index contributed by atoms with van der Waals surface area (Å²) in [7, 11) is 0. The highest BCUT2D eigenvalue weighted by Gasteiger charge is 2.28. The van der Waals surface area contributed by atoms with Gasteiger partial charge < -0.3 is 9.32 Å². The van der Waals surface area contributed by atoms with E-state index >= 15 is 0 Å². The SMILES string of the molecule is Cc1cnn(CC(=O)N2CCC[C@H](c3ncc(Cc4ccccc4)o3)C2)c1. The largest absolute Gasteiger partial charge is 0.445 e. The van der Waals surface area contributed by atoms with E-state index in [0.29, 0.717) is 6.54 Å². The summed E-state index contributed by atoms with van der Waals surface area (Å²) in [6, 6.07) is 10.2. The molecule has 6 heteroatoms. The fourth-order valence-corrected chi connectivity index (χ4v) is 3.59. The molecule has 0 bridgehead atoms. The first-order valence-corrected chi connectivity index (χ1v) is 9.43. The van der Waals surface area contributed by atoms with Crippen molar-refractivity contribution in [3.63, 3.8) is 0 Å². The summed E-state index contributed by atoms with van der Waals surface area (Å²) in [6.45, 7) is 3.70. The minimum absolute atomic E-state index is 0.0962. The van der Waals surface area contributed by atoms with Crippen LogP contribution in [0.1, 0.15) is 41.5 Å². The predicted octanol–water partition coefficient (Wildman–Crippen LogP) is 3.18. The van der Waals surface area contributed by atoms with Gasteiger partial charge in [0.15, 0.2) is 5.89 Å². The molecule has 0 aliphatic carbocycles. The molecule has 140 valence electrons. The second-order valence-electron chi connectivity index (χ2n) is 7.22. The van der Waals surface area contributed by atoms with E-state index in [4.69, 9.17) is 4.42 Å². The van der Waals surface area contributed by atoms with Crippen LogP contribution in [0.25, 0.3) is 0 Å². The Bertz CT molecular complexity index is 900. The Morgan fingerprint density at radius 3 is 2.89 bits per heavy atom. The van der Waals surface area contributed by atoms with Gasteiger partial charge in [-0.1, -0.05) is 30.3 Å². The van der Waals surface area contributed by atoms with E-state index in [1.54, 1.807) is 10.9 Å². The Balaban J connectivity index is 1.38. The van der Waals surface area contributed by atoms with Gasteiger partial charge in [0, 0.05) is 25.7 Å². The van der Waals surface area contributed by atoms with Crippen molar-refractivity contribution in [3.8, 4) is 0 Å². The summed E-state index contributed by atoms with van der Waals surface area (Å²) in [5.41, 5.74) is 2.26. The fourth-order valence-electron chi connectivity index (χ4n) is 3.59. The van der Waals surface area contributed by atoms with Gasteiger partial charge in [-0.3, -0.25) is 9.48 Å². The maximum absolute atomic E-state index is 12.6. The minimum Gasteiger partial charge on any atom is -0.445 e. The summed E-state index contributed by atoms with van der Waals surface area (Å²) in [5, 5.41) is 4.21. The van der Waals surface area contributed by atoms with E-state index in [2.05, 4.69) is 22.2 Å². The molecule has 1 saturated heterocycles. The van der Waals surface area contributed by atoms with Gasteiger partial charge in [0.05, 0.1) is 18.3 Å². The molecule has 3 aromatic rings. The number of oxazole rings is 1. The highest BCUT2D eigenvalue weighted by atomic mass is 16.4. The van der Waals surface area contributed by atoms with Gasteiger partial charge in [-0.2, -0.15) is 5.10 Å². The van der Waals surface area contributed by atoms with E-state index in [-0.39, 0.29) is 18.4 Å². The summed E-state index contributed by atoms with van der Waals surface area (Å²) >= 11 is 0. The van der Waals surface area contributed by atoms with Crippen LogP contribution in [0.4, 0.5) is 0 Å². The Hall–Kier alpha value is -2.89. The Morgan fingerprint density at radius 1 is 1.26 bits per heavy atom. The number of benzene rings is 1. The number of aryl methyl sites for hydroxylation is 1. The number of likely N-dealkylation sites (tertiary alicyclic amines) is 1. The third kappa shape index (κ3) is 4.27. The van der Waals surface area contributed by atoms with Crippen LogP contribution in [0.2, 0.25) is 0 Å². The highest BCUT2D eigenvalue weighted by Crippen LogP contribution is 2.27. The zero-order valence-electron chi connectivity index (χ0n) is 15.5. The van der Waals surface area contributed by atoms with Gasteiger partial charge in [0.1, 0.15) is 12.3 Å². The van der Waals surface area contributed by atoms with E-state index in [0.717, 1.165) is 43.0 Å². The van der Waals surface area contributed by atoms with Crippen LogP contribution < -0.4 is 0 Å². The number of hydrogen-bond donors (Lipinski definition) is 0. The van der Waals surface area contributed by atoms with Crippen LogP contribution in [0.5, 0.6) is 0 Å². The van der Waals surface area contributed by atoms with Crippen molar-refractivity contribution in [2.75, 3.05) is 13.1 Å². The van der Waals surface area contributed by atoms with E-state index < -0.39 is 0 Å². The average Bonchev–Trinajstić information content (AvgIpc) is 3.32. The fraction of sp³-hybridized carbons (Fsp3) is 0.381. The van der Waals surface area contributed by atoms with E-state index in [1.807, 2.05) is 42.4 Å². The molecule has 2 aromatic heterocycles. The molecule has 6 nitrogen and oxygen atoms in total. The molecule has 0 spiro atoms. The van der Waals surface area contributed by atoms with Gasteiger partial charge in [-0.05, 0) is 30.9 Å². The third-order valence-corrected chi connectivity index (χ3v) is 4.98. The second kappa shape index (κ2) is 7.78. The lowest BCUT2D eigenvalue weighted by atomic mass is 9.98. The predicted molar refractivity (Wildman–Crippen MR) is 101 cm³/mol. The van der Waals surface area contributed by atoms with Crippen molar-refractivity contribution in [3.05, 3.63) is 71.7 Å². The van der Waals surface area contributed by atoms with Gasteiger partial charge in [-0.15, -0.1) is 0 Å². The molecular weight excluding hydrogens is 340 g/mol. The maximum Gasteiger partial charge on any atom is 0.244 e. The number of aromatic nitrogens is 3. The maximum atomic E-state index is 12.6. The van der Waals surface area contributed by atoms with Crippen LogP contribution in [-0.2, 0) is 17.8 Å². The molecule has 0 radical (unpaired) electrons. The lowest BCUT2D eigenvalue weighted by Crippen LogP contribution is -2.41. The van der Waals surface area contributed by atoms with Crippen LogP contribution in [-0.4, -0.2) is 38.7 Å². The lowest BCUT2D eigenvalue weighted by molar-refractivity contribution is -0.133. The monoisotopic (exact) mass is 364 g/mol. The molecule has 0 N–H and O–H groups in total. The Morgan fingerprint density at radius 2 is 2.11 bits per heavy atom. The quantitative estimate of drug-likeness (QED) is 0.697. The zero-order valence-corrected chi connectivity index (χ0v) is 15.5. The number of nitrogens with zero attached hydrogens (tertiary/aromatic N) is 4. The molecule has 3 heterocycles. The normalized spacial score (nSPS) is 17.2. The first-order chi connectivity index (χ1) is 13.2. The number of amides is 1. The number of hydrogen-bond acceptors (Lipinski definition) is 4. The molecule has 1 fully saturated rings. The number of rotatable bonds is 5. The first kappa shape index (κ1) is 17.5. The Kier molecular flexibility index (Phi) is 5.05. The summed E-state index contributed by atoms with van der Waals surface area (Å²) < 4.78 is 7.71. The van der Waals surface area contributed by atoms with Crippen molar-refractivity contribution >= 4 is 5.91 Å². The molecule has 1 aromatic carbocycles. The number of piperidine rings is 1. The lowest BCUT2D eigenvalue weighted by Gasteiger charge is -2.31. The van der Waals surface area contributed by atoms with Gasteiger partial charge in [0.25, 0.3) is 0 Å². The number of carbonyl (C=O) groups excluding carboxylic acids is 1. The molecular formula is C21H24N4O2. The van der Waals surface area contributed by atoms with Crippen molar-refractivity contribution in [2.24, 2.45) is 0 Å². The molecule has 1 amide bonds. The molecule has 1 aliphatic heterocycles. The van der Waals surface area contributed by atoms with Gasteiger partial charge in [0.2, 0.25) is 5.91 Å².